The quantitative estimate of drug-likeness (QED) is 0.351. The number of aryl methyl sites for hydroxylation is 2. The predicted molar refractivity (Wildman–Crippen MR) is 137 cm³/mol. The lowest BCUT2D eigenvalue weighted by atomic mass is 10.1. The molecule has 0 aromatic heterocycles. The van der Waals surface area contributed by atoms with E-state index in [1.54, 1.807) is 17.0 Å². The molecule has 0 saturated carbocycles. The van der Waals surface area contributed by atoms with Gasteiger partial charge < -0.3 is 19.1 Å². The fourth-order valence-corrected chi connectivity index (χ4v) is 4.62. The van der Waals surface area contributed by atoms with Crippen molar-refractivity contribution in [1.82, 2.24) is 4.90 Å². The first kappa shape index (κ1) is 27.0. The molecule has 192 valence electrons. The van der Waals surface area contributed by atoms with Gasteiger partial charge in [-0.05, 0) is 80.3 Å². The highest BCUT2D eigenvalue weighted by Gasteiger charge is 2.23. The van der Waals surface area contributed by atoms with Crippen molar-refractivity contribution in [3.05, 3.63) is 83.2 Å². The number of amides is 2. The molecule has 1 atom stereocenters. The van der Waals surface area contributed by atoms with Gasteiger partial charge in [0, 0.05) is 18.3 Å². The third-order valence-electron chi connectivity index (χ3n) is 5.98. The van der Waals surface area contributed by atoms with Gasteiger partial charge in [-0.1, -0.05) is 31.2 Å². The van der Waals surface area contributed by atoms with E-state index in [4.69, 9.17) is 8.92 Å². The molecule has 0 bridgehead atoms. The number of urea groups is 1. The first-order valence-electron chi connectivity index (χ1n) is 11.6. The van der Waals surface area contributed by atoms with Crippen molar-refractivity contribution >= 4 is 21.8 Å². The Balaban J connectivity index is 1.89. The number of hydrogen-bond donors (Lipinski definition) is 1. The van der Waals surface area contributed by atoms with Gasteiger partial charge in [-0.25, -0.2) is 9.18 Å². The molecule has 0 fully saturated rings. The molecule has 3 aromatic carbocycles. The van der Waals surface area contributed by atoms with E-state index in [9.17, 15) is 17.6 Å². The Labute approximate surface area is 212 Å². The minimum atomic E-state index is -4.24. The van der Waals surface area contributed by atoms with E-state index in [-0.39, 0.29) is 35.0 Å². The van der Waals surface area contributed by atoms with Crippen molar-refractivity contribution < 1.29 is 26.5 Å². The second-order valence-corrected chi connectivity index (χ2v) is 10.1. The molecule has 36 heavy (non-hydrogen) atoms. The third-order valence-corrected chi connectivity index (χ3v) is 7.23. The highest BCUT2D eigenvalue weighted by atomic mass is 32.2. The SMILES string of the molecule is CCC(C)N(Cc1ccc(OC)c(OS(=O)(=O)c2ccc(F)cc2)c1)C(=O)Nc1c(C)cccc1C. The lowest BCUT2D eigenvalue weighted by Crippen LogP contribution is -2.40. The topological polar surface area (TPSA) is 84.9 Å². The van der Waals surface area contributed by atoms with Crippen LogP contribution in [0, 0.1) is 19.7 Å². The molecule has 2 amide bonds. The van der Waals surface area contributed by atoms with E-state index >= 15 is 0 Å². The number of benzene rings is 3. The summed E-state index contributed by atoms with van der Waals surface area (Å²) in [7, 11) is -2.84. The number of rotatable bonds is 9. The van der Waals surface area contributed by atoms with Gasteiger partial charge in [0.1, 0.15) is 10.7 Å². The zero-order valence-corrected chi connectivity index (χ0v) is 21.9. The largest absolute Gasteiger partial charge is 0.493 e. The van der Waals surface area contributed by atoms with Gasteiger partial charge in [0.05, 0.1) is 7.11 Å². The third kappa shape index (κ3) is 6.34. The Morgan fingerprint density at radius 2 is 1.67 bits per heavy atom. The van der Waals surface area contributed by atoms with Crippen LogP contribution < -0.4 is 14.2 Å². The predicted octanol–water partition coefficient (Wildman–Crippen LogP) is 6.05. The van der Waals surface area contributed by atoms with E-state index < -0.39 is 15.9 Å². The molecule has 3 aromatic rings. The molecule has 3 rings (SSSR count). The van der Waals surface area contributed by atoms with Crippen LogP contribution in [0.2, 0.25) is 0 Å². The van der Waals surface area contributed by atoms with Gasteiger partial charge in [-0.3, -0.25) is 0 Å². The first-order valence-corrected chi connectivity index (χ1v) is 13.0. The summed E-state index contributed by atoms with van der Waals surface area (Å²) in [5.41, 5.74) is 3.33. The minimum Gasteiger partial charge on any atom is -0.493 e. The summed E-state index contributed by atoms with van der Waals surface area (Å²) in [6.45, 7) is 8.02. The van der Waals surface area contributed by atoms with Crippen LogP contribution in [0.4, 0.5) is 14.9 Å². The number of hydrogen-bond acceptors (Lipinski definition) is 5. The normalized spacial score (nSPS) is 12.1. The number of para-hydroxylation sites is 1. The smallest absolute Gasteiger partial charge is 0.339 e. The van der Waals surface area contributed by atoms with Gasteiger partial charge in [0.25, 0.3) is 0 Å². The Kier molecular flexibility index (Phi) is 8.57. The van der Waals surface area contributed by atoms with Crippen LogP contribution in [-0.2, 0) is 16.7 Å². The molecule has 0 spiro atoms. The van der Waals surface area contributed by atoms with E-state index in [2.05, 4.69) is 5.32 Å². The lowest BCUT2D eigenvalue weighted by molar-refractivity contribution is 0.187. The second kappa shape index (κ2) is 11.4. The maximum atomic E-state index is 13.3. The van der Waals surface area contributed by atoms with Crippen LogP contribution >= 0.6 is 0 Å². The monoisotopic (exact) mass is 514 g/mol. The van der Waals surface area contributed by atoms with Crippen LogP contribution in [0.5, 0.6) is 11.5 Å². The van der Waals surface area contributed by atoms with Crippen molar-refractivity contribution in [2.45, 2.75) is 51.6 Å². The number of carbonyl (C=O) groups is 1. The number of anilines is 1. The molecule has 9 heteroatoms. The Bertz CT molecular complexity index is 1310. The lowest BCUT2D eigenvalue weighted by Gasteiger charge is -2.29. The number of ether oxygens (including phenoxy) is 1. The number of halogens is 1. The summed E-state index contributed by atoms with van der Waals surface area (Å²) in [4.78, 5) is 14.8. The molecule has 1 N–H and O–H groups in total. The Hall–Kier alpha value is -3.59. The molecule has 0 radical (unpaired) electrons. The van der Waals surface area contributed by atoms with Crippen LogP contribution in [0.3, 0.4) is 0 Å². The molecular weight excluding hydrogens is 483 g/mol. The molecule has 0 aliphatic carbocycles. The van der Waals surface area contributed by atoms with E-state index in [0.717, 1.165) is 47.5 Å². The molecular formula is C27H31FN2O5S. The first-order chi connectivity index (χ1) is 17.1. The summed E-state index contributed by atoms with van der Waals surface area (Å²) in [6.07, 6.45) is 0.721. The highest BCUT2D eigenvalue weighted by Crippen LogP contribution is 2.32. The van der Waals surface area contributed by atoms with Gasteiger partial charge in [0.2, 0.25) is 0 Å². The van der Waals surface area contributed by atoms with Crippen LogP contribution in [0.15, 0.2) is 65.6 Å². The number of nitrogens with zero attached hydrogens (tertiary/aromatic N) is 1. The maximum Gasteiger partial charge on any atom is 0.339 e. The molecule has 0 aliphatic rings. The molecule has 1 unspecified atom stereocenters. The fraction of sp³-hybridized carbons (Fsp3) is 0.296. The Morgan fingerprint density at radius 1 is 1.03 bits per heavy atom. The molecule has 0 saturated heterocycles. The van der Waals surface area contributed by atoms with Crippen molar-refractivity contribution in [3.63, 3.8) is 0 Å². The number of carbonyl (C=O) groups excluding carboxylic acids is 1. The highest BCUT2D eigenvalue weighted by molar-refractivity contribution is 7.87. The number of nitrogens with one attached hydrogen (secondary N) is 1. The summed E-state index contributed by atoms with van der Waals surface area (Å²) >= 11 is 0. The summed E-state index contributed by atoms with van der Waals surface area (Å²) in [5, 5.41) is 3.02. The van der Waals surface area contributed by atoms with Crippen molar-refractivity contribution in [1.29, 1.82) is 0 Å². The minimum absolute atomic E-state index is 0.0291. The van der Waals surface area contributed by atoms with Crippen molar-refractivity contribution in [2.24, 2.45) is 0 Å². The van der Waals surface area contributed by atoms with Crippen LogP contribution in [-0.4, -0.2) is 32.5 Å². The van der Waals surface area contributed by atoms with Gasteiger partial charge in [0.15, 0.2) is 11.5 Å². The molecule has 0 aliphatic heterocycles. The standard InChI is InChI=1S/C27H31FN2O5S/c1-6-20(4)30(27(31)29-26-18(2)8-7-9-19(26)3)17-21-10-15-24(34-5)25(16-21)35-36(32,33)23-13-11-22(28)12-14-23/h7-16,20H,6,17H2,1-5H3,(H,29,31). The fourth-order valence-electron chi connectivity index (χ4n) is 3.69. The zero-order valence-electron chi connectivity index (χ0n) is 21.0. The van der Waals surface area contributed by atoms with Gasteiger partial charge in [-0.15, -0.1) is 0 Å². The summed E-state index contributed by atoms with van der Waals surface area (Å²) in [6, 6.07) is 14.7. The van der Waals surface area contributed by atoms with E-state index in [1.807, 2.05) is 45.9 Å². The van der Waals surface area contributed by atoms with E-state index in [1.165, 1.54) is 13.2 Å². The van der Waals surface area contributed by atoms with Crippen molar-refractivity contribution in [2.75, 3.05) is 12.4 Å². The van der Waals surface area contributed by atoms with E-state index in [0.29, 0.717) is 5.56 Å². The maximum absolute atomic E-state index is 13.3. The molecule has 0 heterocycles. The number of methoxy groups -OCH3 is 1. The molecule has 7 nitrogen and oxygen atoms in total. The second-order valence-electron chi connectivity index (χ2n) is 8.56. The summed E-state index contributed by atoms with van der Waals surface area (Å²) < 4.78 is 49.4. The van der Waals surface area contributed by atoms with Gasteiger partial charge >= 0.3 is 16.1 Å². The van der Waals surface area contributed by atoms with Crippen LogP contribution in [0.1, 0.15) is 37.0 Å². The summed E-state index contributed by atoms with van der Waals surface area (Å²) in [5.74, 6) is -0.379. The van der Waals surface area contributed by atoms with Crippen molar-refractivity contribution in [3.8, 4) is 11.5 Å². The zero-order chi connectivity index (χ0) is 26.5. The average molecular weight is 515 g/mol. The van der Waals surface area contributed by atoms with Crippen LogP contribution in [0.25, 0.3) is 0 Å². The average Bonchev–Trinajstić information content (AvgIpc) is 2.84. The van der Waals surface area contributed by atoms with Gasteiger partial charge in [-0.2, -0.15) is 8.42 Å². The Morgan fingerprint density at radius 3 is 2.25 bits per heavy atom.